The Hall–Kier alpha value is -0.410. The van der Waals surface area contributed by atoms with Crippen molar-refractivity contribution in [3.63, 3.8) is 0 Å². The van der Waals surface area contributed by atoms with Crippen LogP contribution in [0.3, 0.4) is 0 Å². The fraction of sp³-hybridized carbons (Fsp3) is 0.500. The van der Waals surface area contributed by atoms with Crippen molar-refractivity contribution >= 4 is 15.9 Å². The predicted octanol–water partition coefficient (Wildman–Crippen LogP) is 3.81. The van der Waals surface area contributed by atoms with E-state index in [4.69, 9.17) is 5.73 Å². The summed E-state index contributed by atoms with van der Waals surface area (Å²) in [5.41, 5.74) is 6.15. The van der Waals surface area contributed by atoms with Crippen LogP contribution in [0.5, 0.6) is 0 Å². The summed E-state index contributed by atoms with van der Waals surface area (Å²) in [4.78, 5) is 0. The summed E-state index contributed by atoms with van der Waals surface area (Å²) in [5, 5.41) is 0. The number of rotatable bonds is 3. The highest BCUT2D eigenvalue weighted by Crippen LogP contribution is 2.32. The molecule has 0 saturated carbocycles. The van der Waals surface area contributed by atoms with Crippen LogP contribution in [-0.4, -0.2) is 0 Å². The van der Waals surface area contributed by atoms with Gasteiger partial charge in [0.05, 0.1) is 4.47 Å². The third-order valence-electron chi connectivity index (χ3n) is 3.17. The Labute approximate surface area is 99.0 Å². The highest BCUT2D eigenvalue weighted by Gasteiger charge is 2.30. The van der Waals surface area contributed by atoms with Gasteiger partial charge in [-0.1, -0.05) is 32.4 Å². The van der Waals surface area contributed by atoms with Crippen LogP contribution in [0.4, 0.5) is 4.39 Å². The zero-order chi connectivity index (χ0) is 11.6. The van der Waals surface area contributed by atoms with E-state index in [2.05, 4.69) is 22.9 Å². The lowest BCUT2D eigenvalue weighted by atomic mass is 9.80. The Morgan fingerprint density at radius 2 is 2.13 bits per heavy atom. The molecule has 1 nitrogen and oxygen atoms in total. The molecule has 1 aromatic rings. The first-order chi connectivity index (χ1) is 6.91. The van der Waals surface area contributed by atoms with Crippen molar-refractivity contribution in [3.8, 4) is 0 Å². The van der Waals surface area contributed by atoms with Crippen LogP contribution in [-0.2, 0) is 5.54 Å². The van der Waals surface area contributed by atoms with Crippen LogP contribution < -0.4 is 5.73 Å². The highest BCUT2D eigenvalue weighted by molar-refractivity contribution is 9.10. The first kappa shape index (κ1) is 12.7. The SMILES string of the molecule is CCC(C)C(C)(N)c1cccc(Br)c1F. The number of hydrogen-bond acceptors (Lipinski definition) is 1. The molecule has 1 aromatic carbocycles. The van der Waals surface area contributed by atoms with E-state index in [9.17, 15) is 4.39 Å². The summed E-state index contributed by atoms with van der Waals surface area (Å²) in [6.45, 7) is 5.98. The van der Waals surface area contributed by atoms with Crippen molar-refractivity contribution in [1.82, 2.24) is 0 Å². The Morgan fingerprint density at radius 3 is 2.67 bits per heavy atom. The van der Waals surface area contributed by atoms with Crippen LogP contribution in [0.15, 0.2) is 22.7 Å². The molecule has 0 aromatic heterocycles. The van der Waals surface area contributed by atoms with Crippen molar-refractivity contribution < 1.29 is 4.39 Å². The lowest BCUT2D eigenvalue weighted by Crippen LogP contribution is -2.40. The molecule has 84 valence electrons. The smallest absolute Gasteiger partial charge is 0.142 e. The molecule has 0 fully saturated rings. The van der Waals surface area contributed by atoms with Gasteiger partial charge < -0.3 is 5.73 Å². The molecule has 2 N–H and O–H groups in total. The molecule has 0 radical (unpaired) electrons. The van der Waals surface area contributed by atoms with Crippen LogP contribution >= 0.6 is 15.9 Å². The molecular weight excluding hydrogens is 257 g/mol. The van der Waals surface area contributed by atoms with Gasteiger partial charge in [0.25, 0.3) is 0 Å². The van der Waals surface area contributed by atoms with Gasteiger partial charge in [0.1, 0.15) is 5.82 Å². The predicted molar refractivity (Wildman–Crippen MR) is 65.1 cm³/mol. The summed E-state index contributed by atoms with van der Waals surface area (Å²) in [6.07, 6.45) is 0.930. The molecule has 15 heavy (non-hydrogen) atoms. The van der Waals surface area contributed by atoms with Gasteiger partial charge in [0.2, 0.25) is 0 Å². The summed E-state index contributed by atoms with van der Waals surface area (Å²) in [6, 6.07) is 5.26. The van der Waals surface area contributed by atoms with Gasteiger partial charge in [-0.2, -0.15) is 0 Å². The van der Waals surface area contributed by atoms with E-state index >= 15 is 0 Å². The molecule has 2 unspecified atom stereocenters. The molecular formula is C12H17BrFN. The van der Waals surface area contributed by atoms with Crippen LogP contribution in [0.25, 0.3) is 0 Å². The standard InChI is InChI=1S/C12H17BrFN/c1-4-8(2)12(3,15)9-6-5-7-10(13)11(9)14/h5-8H,4,15H2,1-3H3. The molecule has 0 heterocycles. The van der Waals surface area contributed by atoms with Crippen LogP contribution in [0.2, 0.25) is 0 Å². The van der Waals surface area contributed by atoms with Gasteiger partial charge >= 0.3 is 0 Å². The van der Waals surface area contributed by atoms with Crippen molar-refractivity contribution in [1.29, 1.82) is 0 Å². The van der Waals surface area contributed by atoms with Crippen molar-refractivity contribution in [2.75, 3.05) is 0 Å². The molecule has 0 spiro atoms. The van der Waals surface area contributed by atoms with E-state index in [0.717, 1.165) is 6.42 Å². The fourth-order valence-corrected chi connectivity index (χ4v) is 1.98. The van der Waals surface area contributed by atoms with Gasteiger partial charge in [0.15, 0.2) is 0 Å². The number of halogens is 2. The number of hydrogen-bond donors (Lipinski definition) is 1. The van der Waals surface area contributed by atoms with Gasteiger partial charge in [0, 0.05) is 11.1 Å². The number of nitrogens with two attached hydrogens (primary N) is 1. The van der Waals surface area contributed by atoms with E-state index in [1.54, 1.807) is 12.1 Å². The summed E-state index contributed by atoms with van der Waals surface area (Å²) in [7, 11) is 0. The van der Waals surface area contributed by atoms with E-state index in [1.807, 2.05) is 19.9 Å². The maximum atomic E-state index is 13.9. The van der Waals surface area contributed by atoms with Crippen LogP contribution in [0.1, 0.15) is 32.8 Å². The minimum atomic E-state index is -0.622. The Kier molecular flexibility index (Phi) is 3.90. The van der Waals surface area contributed by atoms with Crippen molar-refractivity contribution in [3.05, 3.63) is 34.1 Å². The normalized spacial score (nSPS) is 17.2. The third kappa shape index (κ3) is 2.40. The maximum Gasteiger partial charge on any atom is 0.142 e. The minimum absolute atomic E-state index is 0.237. The second-order valence-corrected chi connectivity index (χ2v) is 5.05. The fourth-order valence-electron chi connectivity index (χ4n) is 1.61. The van der Waals surface area contributed by atoms with Gasteiger partial charge in [-0.15, -0.1) is 0 Å². The van der Waals surface area contributed by atoms with E-state index in [1.165, 1.54) is 0 Å². The van der Waals surface area contributed by atoms with Crippen LogP contribution in [0, 0.1) is 11.7 Å². The molecule has 0 aliphatic heterocycles. The first-order valence-corrected chi connectivity index (χ1v) is 5.94. The minimum Gasteiger partial charge on any atom is -0.321 e. The highest BCUT2D eigenvalue weighted by atomic mass is 79.9. The number of benzene rings is 1. The zero-order valence-electron chi connectivity index (χ0n) is 9.35. The lowest BCUT2D eigenvalue weighted by molar-refractivity contribution is 0.305. The maximum absolute atomic E-state index is 13.9. The monoisotopic (exact) mass is 273 g/mol. The zero-order valence-corrected chi connectivity index (χ0v) is 10.9. The largest absolute Gasteiger partial charge is 0.321 e. The quantitative estimate of drug-likeness (QED) is 0.891. The van der Waals surface area contributed by atoms with E-state index in [-0.39, 0.29) is 11.7 Å². The third-order valence-corrected chi connectivity index (χ3v) is 3.78. The van der Waals surface area contributed by atoms with Gasteiger partial charge in [-0.05, 0) is 34.8 Å². The average Bonchev–Trinajstić information content (AvgIpc) is 2.20. The van der Waals surface area contributed by atoms with Crippen molar-refractivity contribution in [2.45, 2.75) is 32.7 Å². The molecule has 0 bridgehead atoms. The molecule has 1 rings (SSSR count). The molecule has 2 atom stereocenters. The second kappa shape index (κ2) is 4.62. The molecule has 3 heteroatoms. The van der Waals surface area contributed by atoms with E-state index < -0.39 is 5.54 Å². The lowest BCUT2D eigenvalue weighted by Gasteiger charge is -2.32. The van der Waals surface area contributed by atoms with E-state index in [0.29, 0.717) is 10.0 Å². The second-order valence-electron chi connectivity index (χ2n) is 4.19. The summed E-state index contributed by atoms with van der Waals surface area (Å²) in [5.74, 6) is -0.0101. The molecule has 0 aliphatic rings. The Balaban J connectivity index is 3.20. The van der Waals surface area contributed by atoms with Gasteiger partial charge in [-0.25, -0.2) is 4.39 Å². The summed E-state index contributed by atoms with van der Waals surface area (Å²) < 4.78 is 14.3. The first-order valence-electron chi connectivity index (χ1n) is 5.14. The van der Waals surface area contributed by atoms with Gasteiger partial charge in [-0.3, -0.25) is 0 Å². The molecule has 0 amide bonds. The molecule has 0 saturated heterocycles. The summed E-state index contributed by atoms with van der Waals surface area (Å²) >= 11 is 3.18. The Morgan fingerprint density at radius 1 is 1.53 bits per heavy atom. The Bertz CT molecular complexity index is 349. The van der Waals surface area contributed by atoms with Crippen molar-refractivity contribution in [2.24, 2.45) is 11.7 Å². The molecule has 0 aliphatic carbocycles. The topological polar surface area (TPSA) is 26.0 Å². The average molecular weight is 274 g/mol.